The summed E-state index contributed by atoms with van der Waals surface area (Å²) in [7, 11) is 0. The molecule has 0 bridgehead atoms. The zero-order chi connectivity index (χ0) is 12.7. The molecular formula is C12H15F2NO2. The molecule has 0 radical (unpaired) electrons. The maximum atomic E-state index is 12.1. The molecule has 0 aliphatic carbocycles. The fourth-order valence-corrected chi connectivity index (χ4v) is 1.42. The molecule has 1 aromatic rings. The van der Waals surface area contributed by atoms with Gasteiger partial charge in [0.1, 0.15) is 6.04 Å². The van der Waals surface area contributed by atoms with E-state index in [1.54, 1.807) is 37.3 Å². The van der Waals surface area contributed by atoms with Gasteiger partial charge in [0.25, 0.3) is 6.43 Å². The molecule has 0 amide bonds. The van der Waals surface area contributed by atoms with Crippen LogP contribution in [0, 0.1) is 0 Å². The Bertz CT molecular complexity index is 344. The van der Waals surface area contributed by atoms with Crippen LogP contribution in [0.15, 0.2) is 30.3 Å². The number of alkyl halides is 2. The second kappa shape index (κ2) is 6.96. The highest BCUT2D eigenvalue weighted by Crippen LogP contribution is 2.14. The fourth-order valence-electron chi connectivity index (χ4n) is 1.42. The number of carbonyl (C=O) groups is 1. The van der Waals surface area contributed by atoms with Crippen LogP contribution in [-0.4, -0.2) is 25.5 Å². The Hall–Kier alpha value is -1.49. The highest BCUT2D eigenvalue weighted by atomic mass is 19.3. The van der Waals surface area contributed by atoms with Gasteiger partial charge in [-0.2, -0.15) is 0 Å². The number of hydrogen-bond donors (Lipinski definition) is 1. The summed E-state index contributed by atoms with van der Waals surface area (Å²) in [5, 5.41) is 2.50. The maximum absolute atomic E-state index is 12.1. The predicted molar refractivity (Wildman–Crippen MR) is 59.8 cm³/mol. The normalized spacial score (nSPS) is 12.5. The van der Waals surface area contributed by atoms with Gasteiger partial charge in [-0.1, -0.05) is 30.3 Å². The Morgan fingerprint density at radius 1 is 1.35 bits per heavy atom. The summed E-state index contributed by atoms with van der Waals surface area (Å²) < 4.78 is 29.1. The summed E-state index contributed by atoms with van der Waals surface area (Å²) >= 11 is 0. The lowest BCUT2D eigenvalue weighted by Gasteiger charge is -2.17. The van der Waals surface area contributed by atoms with E-state index >= 15 is 0 Å². The minimum Gasteiger partial charge on any atom is -0.465 e. The molecule has 1 N–H and O–H groups in total. The second-order valence-electron chi connectivity index (χ2n) is 3.40. The molecule has 0 saturated heterocycles. The predicted octanol–water partition coefficient (Wildman–Crippen LogP) is 2.15. The van der Waals surface area contributed by atoms with Crippen molar-refractivity contribution in [2.75, 3.05) is 13.2 Å². The fraction of sp³-hybridized carbons (Fsp3) is 0.417. The monoisotopic (exact) mass is 243 g/mol. The molecule has 0 aliphatic rings. The third-order valence-corrected chi connectivity index (χ3v) is 2.13. The molecule has 17 heavy (non-hydrogen) atoms. The van der Waals surface area contributed by atoms with Gasteiger partial charge >= 0.3 is 5.97 Å². The van der Waals surface area contributed by atoms with Gasteiger partial charge in [0.05, 0.1) is 13.2 Å². The number of ether oxygens (including phenoxy) is 1. The Labute approximate surface area is 98.8 Å². The van der Waals surface area contributed by atoms with Crippen LogP contribution in [0.1, 0.15) is 18.5 Å². The van der Waals surface area contributed by atoms with Gasteiger partial charge < -0.3 is 4.74 Å². The molecule has 3 nitrogen and oxygen atoms in total. The van der Waals surface area contributed by atoms with E-state index in [0.29, 0.717) is 5.56 Å². The minimum atomic E-state index is -2.50. The van der Waals surface area contributed by atoms with Crippen LogP contribution in [0.3, 0.4) is 0 Å². The van der Waals surface area contributed by atoms with E-state index < -0.39 is 25.0 Å². The first-order chi connectivity index (χ1) is 8.15. The number of carbonyl (C=O) groups excluding carboxylic acids is 1. The Kier molecular flexibility index (Phi) is 5.56. The molecule has 1 unspecified atom stereocenters. The molecular weight excluding hydrogens is 228 g/mol. The number of nitrogens with one attached hydrogen (secondary N) is 1. The van der Waals surface area contributed by atoms with Crippen molar-refractivity contribution in [3.8, 4) is 0 Å². The van der Waals surface area contributed by atoms with E-state index in [1.165, 1.54) is 0 Å². The lowest BCUT2D eigenvalue weighted by molar-refractivity contribution is -0.146. The van der Waals surface area contributed by atoms with E-state index in [0.717, 1.165) is 0 Å². The molecule has 0 saturated carbocycles. The van der Waals surface area contributed by atoms with E-state index in [2.05, 4.69) is 5.32 Å². The largest absolute Gasteiger partial charge is 0.465 e. The van der Waals surface area contributed by atoms with Crippen molar-refractivity contribution in [2.24, 2.45) is 0 Å². The maximum Gasteiger partial charge on any atom is 0.327 e. The number of hydrogen-bond acceptors (Lipinski definition) is 3. The van der Waals surface area contributed by atoms with Crippen molar-refractivity contribution in [1.29, 1.82) is 0 Å². The summed E-state index contributed by atoms with van der Waals surface area (Å²) in [4.78, 5) is 11.6. The summed E-state index contributed by atoms with van der Waals surface area (Å²) in [6.45, 7) is 1.35. The molecule has 0 aliphatic heterocycles. The third kappa shape index (κ3) is 4.48. The molecule has 0 aromatic heterocycles. The van der Waals surface area contributed by atoms with E-state index in [1.807, 2.05) is 0 Å². The van der Waals surface area contributed by atoms with Crippen molar-refractivity contribution in [3.05, 3.63) is 35.9 Å². The minimum absolute atomic E-state index is 0.221. The van der Waals surface area contributed by atoms with Crippen molar-refractivity contribution < 1.29 is 18.3 Å². The first kappa shape index (κ1) is 13.6. The summed E-state index contributed by atoms with van der Waals surface area (Å²) in [6, 6.07) is 7.82. The molecule has 1 atom stereocenters. The molecule has 0 fully saturated rings. The molecule has 5 heteroatoms. The number of benzene rings is 1. The first-order valence-electron chi connectivity index (χ1n) is 5.38. The lowest BCUT2D eigenvalue weighted by Crippen LogP contribution is -2.33. The van der Waals surface area contributed by atoms with Gasteiger partial charge in [-0.3, -0.25) is 5.32 Å². The first-order valence-corrected chi connectivity index (χ1v) is 5.38. The second-order valence-corrected chi connectivity index (χ2v) is 3.40. The zero-order valence-corrected chi connectivity index (χ0v) is 9.53. The molecule has 94 valence electrons. The van der Waals surface area contributed by atoms with Crippen LogP contribution >= 0.6 is 0 Å². The lowest BCUT2D eigenvalue weighted by atomic mass is 10.1. The van der Waals surface area contributed by atoms with E-state index in [9.17, 15) is 13.6 Å². The Morgan fingerprint density at radius 3 is 2.53 bits per heavy atom. The van der Waals surface area contributed by atoms with Crippen LogP contribution in [0.4, 0.5) is 8.78 Å². The molecule has 0 heterocycles. The van der Waals surface area contributed by atoms with E-state index in [-0.39, 0.29) is 6.61 Å². The molecule has 1 aromatic carbocycles. The van der Waals surface area contributed by atoms with Crippen molar-refractivity contribution in [3.63, 3.8) is 0 Å². The van der Waals surface area contributed by atoms with Gasteiger partial charge in [-0.25, -0.2) is 13.6 Å². The average molecular weight is 243 g/mol. The Balaban J connectivity index is 2.75. The highest BCUT2D eigenvalue weighted by Gasteiger charge is 2.22. The van der Waals surface area contributed by atoms with E-state index in [4.69, 9.17) is 4.74 Å². The number of esters is 1. The van der Waals surface area contributed by atoms with Gasteiger partial charge in [-0.15, -0.1) is 0 Å². The summed E-state index contributed by atoms with van der Waals surface area (Å²) in [5.74, 6) is -0.542. The average Bonchev–Trinajstić information content (AvgIpc) is 2.30. The number of halogens is 2. The van der Waals surface area contributed by atoms with Crippen molar-refractivity contribution >= 4 is 5.97 Å². The zero-order valence-electron chi connectivity index (χ0n) is 9.53. The van der Waals surface area contributed by atoms with Crippen molar-refractivity contribution in [2.45, 2.75) is 19.4 Å². The van der Waals surface area contributed by atoms with Crippen LogP contribution in [0.2, 0.25) is 0 Å². The van der Waals surface area contributed by atoms with Gasteiger partial charge in [0.15, 0.2) is 0 Å². The topological polar surface area (TPSA) is 38.3 Å². The Morgan fingerprint density at radius 2 is 2.00 bits per heavy atom. The standard InChI is InChI=1S/C12H15F2NO2/c1-2-17-12(16)11(15-8-10(13)14)9-6-4-3-5-7-9/h3-7,10-11,15H,2,8H2,1H3. The van der Waals surface area contributed by atoms with Crippen LogP contribution in [-0.2, 0) is 9.53 Å². The van der Waals surface area contributed by atoms with Gasteiger partial charge in [0, 0.05) is 0 Å². The number of rotatable bonds is 6. The van der Waals surface area contributed by atoms with Crippen LogP contribution in [0.5, 0.6) is 0 Å². The quantitative estimate of drug-likeness (QED) is 0.778. The highest BCUT2D eigenvalue weighted by molar-refractivity contribution is 5.77. The summed E-state index contributed by atoms with van der Waals surface area (Å²) in [6.07, 6.45) is -2.50. The van der Waals surface area contributed by atoms with Gasteiger partial charge in [-0.05, 0) is 12.5 Å². The smallest absolute Gasteiger partial charge is 0.327 e. The molecule has 1 rings (SSSR count). The van der Waals surface area contributed by atoms with Crippen LogP contribution in [0.25, 0.3) is 0 Å². The third-order valence-electron chi connectivity index (χ3n) is 2.13. The molecule has 0 spiro atoms. The van der Waals surface area contributed by atoms with Crippen LogP contribution < -0.4 is 5.32 Å². The van der Waals surface area contributed by atoms with Gasteiger partial charge in [0.2, 0.25) is 0 Å². The SMILES string of the molecule is CCOC(=O)C(NCC(F)F)c1ccccc1. The summed E-state index contributed by atoms with van der Waals surface area (Å²) in [5.41, 5.74) is 0.617. The van der Waals surface area contributed by atoms with Crippen molar-refractivity contribution in [1.82, 2.24) is 5.32 Å².